The molecule has 1 N–H and O–H groups in total. The third kappa shape index (κ3) is 4.92. The van der Waals surface area contributed by atoms with Gasteiger partial charge in [0, 0.05) is 34.4 Å². The van der Waals surface area contributed by atoms with Crippen LogP contribution >= 0.6 is 23.4 Å². The predicted octanol–water partition coefficient (Wildman–Crippen LogP) is 5.14. The molecule has 3 rings (SSSR count). The number of rotatable bonds is 6. The molecule has 1 heterocycles. The van der Waals surface area contributed by atoms with Gasteiger partial charge in [-0.25, -0.2) is 4.39 Å². The Balaban J connectivity index is 1.64. The van der Waals surface area contributed by atoms with E-state index in [9.17, 15) is 9.18 Å². The summed E-state index contributed by atoms with van der Waals surface area (Å²) in [7, 11) is 1.61. The summed E-state index contributed by atoms with van der Waals surface area (Å²) in [5.74, 6) is 1.52. The minimum atomic E-state index is -0.412. The highest BCUT2D eigenvalue weighted by atomic mass is 35.5. The zero-order valence-electron chi connectivity index (χ0n) is 16.1. The Morgan fingerprint density at radius 3 is 2.89 bits per heavy atom. The summed E-state index contributed by atoms with van der Waals surface area (Å²) < 4.78 is 25.2. The molecule has 1 amide bonds. The second kappa shape index (κ2) is 8.62. The molecule has 1 atom stereocenters. The third-order valence-corrected chi connectivity index (χ3v) is 5.87. The minimum absolute atomic E-state index is 0.109. The number of benzene rings is 2. The van der Waals surface area contributed by atoms with Gasteiger partial charge in [0.1, 0.15) is 22.9 Å². The average molecular weight is 424 g/mol. The number of amides is 1. The number of carbonyl (C=O) groups excluding carboxylic acids is 1. The molecule has 0 fully saturated rings. The Morgan fingerprint density at radius 2 is 2.18 bits per heavy atom. The maximum atomic E-state index is 13.8. The van der Waals surface area contributed by atoms with Crippen LogP contribution in [-0.2, 0) is 10.5 Å². The van der Waals surface area contributed by atoms with E-state index in [1.54, 1.807) is 19.2 Å². The van der Waals surface area contributed by atoms with Crippen molar-refractivity contribution in [2.45, 2.75) is 37.7 Å². The number of fused-ring (bicyclic) bond motifs is 1. The van der Waals surface area contributed by atoms with Crippen LogP contribution in [0.5, 0.6) is 11.5 Å². The summed E-state index contributed by atoms with van der Waals surface area (Å²) in [5, 5.41) is 3.45. The molecule has 0 aliphatic carbocycles. The topological polar surface area (TPSA) is 47.6 Å². The number of thioether (sulfide) groups is 1. The lowest BCUT2D eigenvalue weighted by molar-refractivity contribution is -0.119. The first kappa shape index (κ1) is 20.8. The summed E-state index contributed by atoms with van der Waals surface area (Å²) >= 11 is 7.37. The zero-order chi connectivity index (χ0) is 20.3. The summed E-state index contributed by atoms with van der Waals surface area (Å²) in [5.41, 5.74) is 0.938. The lowest BCUT2D eigenvalue weighted by atomic mass is 9.89. The Hall–Kier alpha value is -1.92. The molecule has 150 valence electrons. The fourth-order valence-electron chi connectivity index (χ4n) is 3.24. The highest BCUT2D eigenvalue weighted by Gasteiger charge is 2.34. The lowest BCUT2D eigenvalue weighted by Crippen LogP contribution is -2.41. The molecule has 1 aliphatic rings. The van der Waals surface area contributed by atoms with Crippen molar-refractivity contribution < 1.29 is 18.7 Å². The molecule has 28 heavy (non-hydrogen) atoms. The summed E-state index contributed by atoms with van der Waals surface area (Å²) in [6.07, 6.45) is 0.655. The van der Waals surface area contributed by atoms with Crippen molar-refractivity contribution in [3.05, 3.63) is 58.4 Å². The fraction of sp³-hybridized carbons (Fsp3) is 0.381. The Kier molecular flexibility index (Phi) is 6.40. The lowest BCUT2D eigenvalue weighted by Gasteiger charge is -2.38. The fourth-order valence-corrected chi connectivity index (χ4v) is 4.42. The molecule has 0 unspecified atom stereocenters. The SMILES string of the molecule is COc1ccc2c(c1)OC(C)(C)C[C@@H]2NC(=O)CSCc1c(F)cccc1Cl. The summed E-state index contributed by atoms with van der Waals surface area (Å²) in [6, 6.07) is 10.0. The van der Waals surface area contributed by atoms with E-state index in [0.717, 1.165) is 5.56 Å². The van der Waals surface area contributed by atoms with Crippen LogP contribution in [-0.4, -0.2) is 24.4 Å². The third-order valence-electron chi connectivity index (χ3n) is 4.55. The van der Waals surface area contributed by atoms with Crippen molar-refractivity contribution >= 4 is 29.3 Å². The van der Waals surface area contributed by atoms with Crippen LogP contribution in [0.1, 0.15) is 37.4 Å². The minimum Gasteiger partial charge on any atom is -0.497 e. The maximum absolute atomic E-state index is 13.8. The first-order valence-electron chi connectivity index (χ1n) is 8.96. The first-order valence-corrected chi connectivity index (χ1v) is 10.5. The van der Waals surface area contributed by atoms with E-state index in [1.807, 2.05) is 32.0 Å². The van der Waals surface area contributed by atoms with Crippen LogP contribution in [0.4, 0.5) is 4.39 Å². The van der Waals surface area contributed by atoms with Crippen LogP contribution in [0.3, 0.4) is 0 Å². The molecule has 1 aliphatic heterocycles. The first-order chi connectivity index (χ1) is 13.3. The molecule has 0 bridgehead atoms. The molecule has 0 saturated heterocycles. The largest absolute Gasteiger partial charge is 0.497 e. The normalized spacial score (nSPS) is 17.4. The van der Waals surface area contributed by atoms with Gasteiger partial charge in [-0.2, -0.15) is 0 Å². The van der Waals surface area contributed by atoms with Crippen LogP contribution in [0.2, 0.25) is 5.02 Å². The van der Waals surface area contributed by atoms with E-state index < -0.39 is 5.60 Å². The van der Waals surface area contributed by atoms with Crippen LogP contribution in [0, 0.1) is 5.82 Å². The van der Waals surface area contributed by atoms with Crippen molar-refractivity contribution in [2.24, 2.45) is 0 Å². The molecular weight excluding hydrogens is 401 g/mol. The molecule has 0 radical (unpaired) electrons. The van der Waals surface area contributed by atoms with Gasteiger partial charge in [-0.05, 0) is 38.1 Å². The number of hydrogen-bond acceptors (Lipinski definition) is 4. The number of hydrogen-bond donors (Lipinski definition) is 1. The van der Waals surface area contributed by atoms with Gasteiger partial charge in [-0.1, -0.05) is 17.7 Å². The van der Waals surface area contributed by atoms with E-state index in [4.69, 9.17) is 21.1 Å². The smallest absolute Gasteiger partial charge is 0.230 e. The van der Waals surface area contributed by atoms with E-state index in [1.165, 1.54) is 17.8 Å². The van der Waals surface area contributed by atoms with Crippen molar-refractivity contribution in [3.63, 3.8) is 0 Å². The Labute approximate surface area is 173 Å². The van der Waals surface area contributed by atoms with Gasteiger partial charge >= 0.3 is 0 Å². The van der Waals surface area contributed by atoms with Gasteiger partial charge < -0.3 is 14.8 Å². The van der Waals surface area contributed by atoms with Gasteiger partial charge in [0.15, 0.2) is 0 Å². The van der Waals surface area contributed by atoms with Crippen molar-refractivity contribution in [2.75, 3.05) is 12.9 Å². The molecule has 0 spiro atoms. The number of carbonyl (C=O) groups is 1. The second-order valence-electron chi connectivity index (χ2n) is 7.28. The second-order valence-corrected chi connectivity index (χ2v) is 8.68. The number of nitrogens with one attached hydrogen (secondary N) is 1. The zero-order valence-corrected chi connectivity index (χ0v) is 17.6. The predicted molar refractivity (Wildman–Crippen MR) is 111 cm³/mol. The monoisotopic (exact) mass is 423 g/mol. The van der Waals surface area contributed by atoms with Crippen molar-refractivity contribution in [3.8, 4) is 11.5 Å². The Bertz CT molecular complexity index is 854. The van der Waals surface area contributed by atoms with Crippen molar-refractivity contribution in [1.82, 2.24) is 5.32 Å². The molecule has 4 nitrogen and oxygen atoms in total. The summed E-state index contributed by atoms with van der Waals surface area (Å²) in [6.45, 7) is 3.98. The number of methoxy groups -OCH3 is 1. The van der Waals surface area contributed by atoms with Gasteiger partial charge in [0.2, 0.25) is 5.91 Å². The number of ether oxygens (including phenoxy) is 2. The Morgan fingerprint density at radius 1 is 1.39 bits per heavy atom. The molecule has 0 saturated carbocycles. The molecule has 2 aromatic rings. The van der Waals surface area contributed by atoms with Gasteiger partial charge in [0.25, 0.3) is 0 Å². The van der Waals surface area contributed by atoms with Crippen LogP contribution in [0.15, 0.2) is 36.4 Å². The van der Waals surface area contributed by atoms with E-state index in [0.29, 0.717) is 34.3 Å². The molecule has 7 heteroatoms. The van der Waals surface area contributed by atoms with Crippen LogP contribution < -0.4 is 14.8 Å². The van der Waals surface area contributed by atoms with Gasteiger partial charge in [-0.15, -0.1) is 11.8 Å². The van der Waals surface area contributed by atoms with Crippen LogP contribution in [0.25, 0.3) is 0 Å². The van der Waals surface area contributed by atoms with E-state index in [2.05, 4.69) is 5.32 Å². The number of halogens is 2. The molecule has 2 aromatic carbocycles. The van der Waals surface area contributed by atoms with Crippen molar-refractivity contribution in [1.29, 1.82) is 0 Å². The van der Waals surface area contributed by atoms with Gasteiger partial charge in [0.05, 0.1) is 18.9 Å². The quantitative estimate of drug-likeness (QED) is 0.698. The average Bonchev–Trinajstić information content (AvgIpc) is 2.62. The summed E-state index contributed by atoms with van der Waals surface area (Å²) in [4.78, 5) is 12.5. The maximum Gasteiger partial charge on any atom is 0.230 e. The van der Waals surface area contributed by atoms with E-state index >= 15 is 0 Å². The van der Waals surface area contributed by atoms with E-state index in [-0.39, 0.29) is 23.5 Å². The highest BCUT2D eigenvalue weighted by molar-refractivity contribution is 7.99. The standard InChI is InChI=1S/C21H23ClFNO3S/c1-21(2)10-18(14-8-7-13(26-3)9-19(14)27-21)24-20(25)12-28-11-15-16(22)5-4-6-17(15)23/h4-9,18H,10-12H2,1-3H3,(H,24,25)/t18-/m0/s1. The molecular formula is C21H23ClFNO3S. The van der Waals surface area contributed by atoms with Gasteiger partial charge in [-0.3, -0.25) is 4.79 Å². The highest BCUT2D eigenvalue weighted by Crippen LogP contribution is 2.41. The molecule has 0 aromatic heterocycles.